The van der Waals surface area contributed by atoms with E-state index in [2.05, 4.69) is 110 Å². The first-order valence-corrected chi connectivity index (χ1v) is 27.1. The lowest BCUT2D eigenvalue weighted by Gasteiger charge is -2.38. The number of nitrogens with one attached hydrogen (secondary N) is 1. The van der Waals surface area contributed by atoms with E-state index in [0.717, 1.165) is 56.4 Å². The Morgan fingerprint density at radius 2 is 1.03 bits per heavy atom. The highest BCUT2D eigenvalue weighted by Gasteiger charge is 2.36. The van der Waals surface area contributed by atoms with Crippen molar-refractivity contribution in [3.8, 4) is 0 Å². The van der Waals surface area contributed by atoms with Crippen LogP contribution in [0.25, 0.3) is 0 Å². The third-order valence-corrected chi connectivity index (χ3v) is 15.7. The van der Waals surface area contributed by atoms with Gasteiger partial charge in [-0.25, -0.2) is 8.42 Å². The third kappa shape index (κ3) is 15.8. The van der Waals surface area contributed by atoms with E-state index >= 15 is 0 Å². The molecule has 0 fully saturated rings. The van der Waals surface area contributed by atoms with E-state index in [1.165, 1.54) is 39.7 Å². The molecule has 0 unspecified atom stereocenters. The van der Waals surface area contributed by atoms with E-state index in [1.54, 1.807) is 6.08 Å². The summed E-state index contributed by atoms with van der Waals surface area (Å²) in [6, 6.07) is 45.6. The molecule has 4 aliphatic heterocycles. The monoisotopic (exact) mass is 1030 g/mol. The number of rotatable bonds is 11. The zero-order valence-electron chi connectivity index (χ0n) is 43.6. The molecule has 0 saturated carbocycles. The van der Waals surface area contributed by atoms with Gasteiger partial charge < -0.3 is 15.1 Å². The van der Waals surface area contributed by atoms with Gasteiger partial charge in [0, 0.05) is 37.2 Å². The Bertz CT molecular complexity index is 2830. The molecule has 4 atom stereocenters. The molecular formula is C63H77N5O6S. The summed E-state index contributed by atoms with van der Waals surface area (Å²) in [6.45, 7) is 16.8. The number of carbonyl (C=O) groups excluding carboxylic acids is 2. The van der Waals surface area contributed by atoms with Gasteiger partial charge in [0.25, 0.3) is 5.69 Å². The molecule has 4 heterocycles. The van der Waals surface area contributed by atoms with Crippen LogP contribution >= 0.6 is 0 Å². The molecule has 0 saturated heterocycles. The van der Waals surface area contributed by atoms with Gasteiger partial charge in [-0.2, -0.15) is 4.31 Å². The summed E-state index contributed by atoms with van der Waals surface area (Å²) < 4.78 is 27.4. The highest BCUT2D eigenvalue weighted by Crippen LogP contribution is 2.35. The predicted molar refractivity (Wildman–Crippen MR) is 305 cm³/mol. The van der Waals surface area contributed by atoms with Crippen LogP contribution in [-0.2, 0) is 19.6 Å². The quantitative estimate of drug-likeness (QED) is 0.0791. The van der Waals surface area contributed by atoms with Crippen molar-refractivity contribution in [2.75, 3.05) is 26.2 Å². The maximum absolute atomic E-state index is 13.0. The third-order valence-electron chi connectivity index (χ3n) is 13.8. The molecule has 0 aromatic heterocycles. The Balaban J connectivity index is 0.000000188. The van der Waals surface area contributed by atoms with Gasteiger partial charge in [0.05, 0.1) is 39.4 Å². The minimum Gasteiger partial charge on any atom is -0.331 e. The van der Waals surface area contributed by atoms with Gasteiger partial charge in [0.1, 0.15) is 0 Å². The van der Waals surface area contributed by atoms with Crippen molar-refractivity contribution in [2.24, 2.45) is 10.8 Å². The lowest BCUT2D eigenvalue weighted by atomic mass is 9.86. The standard InChI is InChI=1S/C17H16N2O4S.C17H23NO.C17H21NO.C11H13N.CH4/c20-19(21)15-9-11-16(12-10-15)24(22,23)18-13-5-4-8-17(18)14-6-2-1-3-7-14;2*1-4-17(2,3)16(19)18-13-9-8-12-15(18)14-10-6-5-7-11-14;1-2-6-10(7-3-1)11-8-4-5-9-12-11;/h1-4,6-12,17H,5,13H2;5-8,10-12,15H,4,9,13H2,1-3H3;4-8,10-12,15H,1,9,13H2,2-3H3;1-4,6-8,11-12H,5,9H2;1H4/t17-;2*15-;11-;/m0000./s1. The number of hydrogen-bond donors (Lipinski definition) is 1. The van der Waals surface area contributed by atoms with Crippen molar-refractivity contribution < 1.29 is 22.9 Å². The second-order valence-corrected chi connectivity index (χ2v) is 21.7. The Labute approximate surface area is 447 Å². The first kappa shape index (κ1) is 58.9. The van der Waals surface area contributed by atoms with Gasteiger partial charge in [0.2, 0.25) is 21.8 Å². The second-order valence-electron chi connectivity index (χ2n) is 19.8. The molecule has 11 nitrogen and oxygen atoms in total. The summed E-state index contributed by atoms with van der Waals surface area (Å²) in [6.07, 6.45) is 23.2. The van der Waals surface area contributed by atoms with Crippen LogP contribution in [0.4, 0.5) is 5.69 Å². The van der Waals surface area contributed by atoms with Crippen LogP contribution in [0.2, 0.25) is 0 Å². The largest absolute Gasteiger partial charge is 0.331 e. The fourth-order valence-corrected chi connectivity index (χ4v) is 10.5. The summed E-state index contributed by atoms with van der Waals surface area (Å²) in [7, 11) is -3.74. The fourth-order valence-electron chi connectivity index (χ4n) is 8.95. The molecule has 5 aromatic rings. The van der Waals surface area contributed by atoms with E-state index in [0.29, 0.717) is 19.0 Å². The molecule has 2 amide bonds. The number of nitro groups is 1. The van der Waals surface area contributed by atoms with E-state index in [-0.39, 0.29) is 53.4 Å². The zero-order chi connectivity index (χ0) is 53.1. The lowest BCUT2D eigenvalue weighted by molar-refractivity contribution is -0.384. The molecule has 0 radical (unpaired) electrons. The highest BCUT2D eigenvalue weighted by molar-refractivity contribution is 7.89. The van der Waals surface area contributed by atoms with Gasteiger partial charge in [-0.3, -0.25) is 19.7 Å². The molecule has 396 valence electrons. The number of carbonyl (C=O) groups is 2. The Hall–Kier alpha value is -6.99. The van der Waals surface area contributed by atoms with E-state index < -0.39 is 20.4 Å². The zero-order valence-corrected chi connectivity index (χ0v) is 44.4. The molecule has 12 heteroatoms. The summed E-state index contributed by atoms with van der Waals surface area (Å²) in [4.78, 5) is 39.6. The first-order valence-electron chi connectivity index (χ1n) is 25.7. The Kier molecular flexibility index (Phi) is 22.0. The number of hydrogen-bond acceptors (Lipinski definition) is 7. The van der Waals surface area contributed by atoms with Gasteiger partial charge >= 0.3 is 0 Å². The van der Waals surface area contributed by atoms with Crippen LogP contribution in [0.1, 0.15) is 121 Å². The van der Waals surface area contributed by atoms with Gasteiger partial charge in [-0.1, -0.05) is 204 Å². The molecule has 75 heavy (non-hydrogen) atoms. The van der Waals surface area contributed by atoms with E-state index in [4.69, 9.17) is 0 Å². The van der Waals surface area contributed by atoms with Crippen LogP contribution in [-0.4, -0.2) is 65.4 Å². The summed E-state index contributed by atoms with van der Waals surface area (Å²) >= 11 is 0. The van der Waals surface area contributed by atoms with Crippen molar-refractivity contribution in [1.29, 1.82) is 0 Å². The SMILES string of the molecule is C.C1=C[C@@H](c2ccccc2)NCC1.C=CC(C)(C)C(=O)N1CCC=C[C@H]1c1ccccc1.CCC(C)(C)C(=O)N1CCC=C[C@H]1c1ccccc1.O=[N+]([O-])c1ccc(S(=O)(=O)N2CCC=C[C@H]2c2ccccc2)cc1. The van der Waals surface area contributed by atoms with Crippen LogP contribution < -0.4 is 5.32 Å². The number of amides is 2. The highest BCUT2D eigenvalue weighted by atomic mass is 32.2. The predicted octanol–water partition coefficient (Wildman–Crippen LogP) is 13.9. The summed E-state index contributed by atoms with van der Waals surface area (Å²) in [5.41, 5.74) is 3.67. The molecule has 1 N–H and O–H groups in total. The molecule has 0 aliphatic carbocycles. The van der Waals surface area contributed by atoms with Gasteiger partial charge in [-0.05, 0) is 86.9 Å². The van der Waals surface area contributed by atoms with Crippen LogP contribution in [0.5, 0.6) is 0 Å². The van der Waals surface area contributed by atoms with Crippen LogP contribution in [0.15, 0.2) is 212 Å². The van der Waals surface area contributed by atoms with E-state index in [9.17, 15) is 28.1 Å². The molecule has 5 aromatic carbocycles. The smallest absolute Gasteiger partial charge is 0.269 e. The van der Waals surface area contributed by atoms with Gasteiger partial charge in [0.15, 0.2) is 0 Å². The second kappa shape index (κ2) is 28.1. The lowest BCUT2D eigenvalue weighted by Crippen LogP contribution is -2.43. The fraction of sp³-hybridized carbons (Fsp3) is 0.333. The molecular weight excluding hydrogens is 955 g/mol. The van der Waals surface area contributed by atoms with Crippen LogP contribution in [0.3, 0.4) is 0 Å². The number of nitro benzene ring substituents is 1. The number of sulfonamides is 1. The average Bonchev–Trinajstić information content (AvgIpc) is 3.46. The van der Waals surface area contributed by atoms with Crippen molar-refractivity contribution in [3.05, 3.63) is 239 Å². The maximum Gasteiger partial charge on any atom is 0.269 e. The number of nitrogens with zero attached hydrogens (tertiary/aromatic N) is 4. The molecule has 4 aliphatic rings. The Morgan fingerprint density at radius 1 is 0.613 bits per heavy atom. The number of benzene rings is 5. The van der Waals surface area contributed by atoms with Crippen molar-refractivity contribution >= 4 is 27.5 Å². The molecule has 0 bridgehead atoms. The van der Waals surface area contributed by atoms with Gasteiger partial charge in [-0.15, -0.1) is 6.58 Å². The maximum atomic E-state index is 13.0. The van der Waals surface area contributed by atoms with Crippen LogP contribution in [0, 0.1) is 20.9 Å². The average molecular weight is 1030 g/mol. The normalized spacial score (nSPS) is 19.3. The van der Waals surface area contributed by atoms with E-state index in [1.807, 2.05) is 116 Å². The first-order chi connectivity index (χ1) is 35.6. The minimum atomic E-state index is -3.74. The van der Waals surface area contributed by atoms with Crippen molar-refractivity contribution in [3.63, 3.8) is 0 Å². The van der Waals surface area contributed by atoms with Crippen molar-refractivity contribution in [1.82, 2.24) is 19.4 Å². The van der Waals surface area contributed by atoms with Crippen molar-refractivity contribution in [2.45, 2.75) is 103 Å². The Morgan fingerprint density at radius 3 is 1.45 bits per heavy atom. The summed E-state index contributed by atoms with van der Waals surface area (Å²) in [5.74, 6) is 0.397. The topological polar surface area (TPSA) is 133 Å². The molecule has 0 spiro atoms. The summed E-state index contributed by atoms with van der Waals surface area (Å²) in [5, 5.41) is 14.2. The minimum absolute atomic E-state index is 0. The molecule has 9 rings (SSSR count). The number of non-ortho nitro benzene ring substituents is 1.